The average molecular weight is 68.9 g/mol. The summed E-state index contributed by atoms with van der Waals surface area (Å²) in [7, 11) is 0. The van der Waals surface area contributed by atoms with E-state index in [-0.39, 0.29) is 14.2 Å². The van der Waals surface area contributed by atoms with Crippen LogP contribution in [0.1, 0.15) is 13.8 Å². The Kier molecular flexibility index (Phi) is 6.60. The van der Waals surface area contributed by atoms with E-state index in [9.17, 15) is 4.79 Å². The van der Waals surface area contributed by atoms with Crippen LogP contribution >= 0.6 is 0 Å². The zero-order valence-corrected chi connectivity index (χ0v) is 3.49. The largest absolute Gasteiger partial charge is 0.300 e. The van der Waals surface area contributed by atoms with Gasteiger partial charge >= 0.3 is 0 Å². The molecule has 0 saturated carbocycles. The molecule has 5 heavy (non-hydrogen) atoms. The summed E-state index contributed by atoms with van der Waals surface area (Å²) in [4.78, 5) is 9.44. The van der Waals surface area contributed by atoms with Crippen molar-refractivity contribution in [3.05, 3.63) is 0 Å². The van der Waals surface area contributed by atoms with Gasteiger partial charge in [0, 0.05) is 8.41 Å². The molecule has 3 radical (unpaired) electrons. The highest BCUT2D eigenvalue weighted by atomic mass is 16.1. The number of Topliss-reactive ketones (excluding diaryl/α,β-unsaturated/α-hetero) is 1. The first-order chi connectivity index (χ1) is 1.73. The molecule has 0 N–H and O–H groups in total. The second kappa shape index (κ2) is 3.73. The summed E-state index contributed by atoms with van der Waals surface area (Å²) < 4.78 is 0. The van der Waals surface area contributed by atoms with Crippen molar-refractivity contribution in [1.82, 2.24) is 0 Å². The lowest BCUT2D eigenvalue weighted by Crippen LogP contribution is -1.69. The maximum absolute atomic E-state index is 9.44. The van der Waals surface area contributed by atoms with E-state index < -0.39 is 0 Å². The fraction of sp³-hybridized carbons (Fsp3) is 0.667. The van der Waals surface area contributed by atoms with Crippen molar-refractivity contribution in [1.29, 1.82) is 0 Å². The number of hydrogen-bond acceptors (Lipinski definition) is 1. The van der Waals surface area contributed by atoms with E-state index in [2.05, 4.69) is 0 Å². The molecule has 1 nitrogen and oxygen atoms in total. The third-order valence-electron chi connectivity index (χ3n) is 0. The smallest absolute Gasteiger partial charge is 0.126 e. The van der Waals surface area contributed by atoms with Crippen molar-refractivity contribution < 1.29 is 4.79 Å². The second-order valence-electron chi connectivity index (χ2n) is 0.908. The van der Waals surface area contributed by atoms with Gasteiger partial charge in [-0.3, -0.25) is 0 Å². The molecule has 0 spiro atoms. The number of carbonyl (C=O) groups excluding carboxylic acids is 1. The van der Waals surface area contributed by atoms with Gasteiger partial charge in [0.15, 0.2) is 0 Å². The van der Waals surface area contributed by atoms with Crippen LogP contribution < -0.4 is 0 Å². The number of ketones is 1. The van der Waals surface area contributed by atoms with Crippen LogP contribution in [0.3, 0.4) is 0 Å². The van der Waals surface area contributed by atoms with Gasteiger partial charge in [-0.2, -0.15) is 0 Å². The SMILES string of the molecule is CC(C)=O.[B]. The molecule has 0 rings (SSSR count). The number of rotatable bonds is 0. The van der Waals surface area contributed by atoms with Crippen molar-refractivity contribution in [3.8, 4) is 0 Å². The minimum absolute atomic E-state index is 0. The van der Waals surface area contributed by atoms with E-state index in [1.165, 1.54) is 13.8 Å². The topological polar surface area (TPSA) is 17.1 Å². The summed E-state index contributed by atoms with van der Waals surface area (Å²) in [6.45, 7) is 3.06. The van der Waals surface area contributed by atoms with Crippen LogP contribution in [-0.2, 0) is 4.79 Å². The lowest BCUT2D eigenvalue weighted by Gasteiger charge is -1.56. The van der Waals surface area contributed by atoms with Crippen LogP contribution in [-0.4, -0.2) is 14.2 Å². The van der Waals surface area contributed by atoms with Crippen LogP contribution in [0.15, 0.2) is 0 Å². The van der Waals surface area contributed by atoms with E-state index in [4.69, 9.17) is 0 Å². The van der Waals surface area contributed by atoms with E-state index >= 15 is 0 Å². The Labute approximate surface area is 34.0 Å². The van der Waals surface area contributed by atoms with E-state index in [0.29, 0.717) is 0 Å². The Balaban J connectivity index is 0. The maximum atomic E-state index is 9.44. The summed E-state index contributed by atoms with van der Waals surface area (Å²) in [5.74, 6) is 0.167. The maximum Gasteiger partial charge on any atom is 0.126 e. The van der Waals surface area contributed by atoms with Crippen LogP contribution in [0.25, 0.3) is 0 Å². The molecule has 0 fully saturated rings. The van der Waals surface area contributed by atoms with Crippen LogP contribution in [0.2, 0.25) is 0 Å². The Bertz CT molecular complexity index is 29.9. The highest BCUT2D eigenvalue weighted by molar-refractivity contribution is 5.75. The Morgan fingerprint density at radius 3 is 1.40 bits per heavy atom. The fourth-order valence-corrected chi connectivity index (χ4v) is 0. The Morgan fingerprint density at radius 2 is 1.40 bits per heavy atom. The third kappa shape index (κ3) is 160. The summed E-state index contributed by atoms with van der Waals surface area (Å²) in [5.41, 5.74) is 0. The molecule has 0 aromatic rings. The molecule has 0 amide bonds. The highest BCUT2D eigenvalue weighted by Crippen LogP contribution is 1.50. The first-order valence-corrected chi connectivity index (χ1v) is 1.20. The van der Waals surface area contributed by atoms with Crippen LogP contribution in [0.4, 0.5) is 0 Å². The molecule has 0 aliphatic heterocycles. The van der Waals surface area contributed by atoms with E-state index in [0.717, 1.165) is 0 Å². The van der Waals surface area contributed by atoms with Gasteiger partial charge in [-0.1, -0.05) is 0 Å². The summed E-state index contributed by atoms with van der Waals surface area (Å²) in [5, 5.41) is 0. The van der Waals surface area contributed by atoms with Gasteiger partial charge < -0.3 is 4.79 Å². The molecule has 0 atom stereocenters. The van der Waals surface area contributed by atoms with E-state index in [1.54, 1.807) is 0 Å². The van der Waals surface area contributed by atoms with Gasteiger partial charge in [0.25, 0.3) is 0 Å². The molecule has 0 bridgehead atoms. The van der Waals surface area contributed by atoms with Gasteiger partial charge in [-0.25, -0.2) is 0 Å². The average Bonchev–Trinajstić information content (AvgIpc) is 0.811. The van der Waals surface area contributed by atoms with Gasteiger partial charge in [-0.05, 0) is 13.8 Å². The van der Waals surface area contributed by atoms with Gasteiger partial charge in [0.05, 0.1) is 0 Å². The molecule has 27 valence electrons. The number of hydrogen-bond donors (Lipinski definition) is 0. The monoisotopic (exact) mass is 69.1 g/mol. The predicted octanol–water partition coefficient (Wildman–Crippen LogP) is 0.214. The normalized spacial score (nSPS) is 5.20. The lowest BCUT2D eigenvalue weighted by molar-refractivity contribution is -0.114. The first-order valence-electron chi connectivity index (χ1n) is 1.20. The summed E-state index contributed by atoms with van der Waals surface area (Å²) in [6, 6.07) is 0. The molecule has 0 saturated heterocycles. The van der Waals surface area contributed by atoms with Crippen molar-refractivity contribution in [2.75, 3.05) is 0 Å². The molecular formula is C3H6BO. The highest BCUT2D eigenvalue weighted by Gasteiger charge is 1.62. The molecule has 0 unspecified atom stereocenters. The zero-order valence-electron chi connectivity index (χ0n) is 3.49. The van der Waals surface area contributed by atoms with Crippen molar-refractivity contribution in [3.63, 3.8) is 0 Å². The molecule has 0 aromatic carbocycles. The molecule has 0 aliphatic rings. The molecular weight excluding hydrogens is 62.8 g/mol. The Hall–Kier alpha value is -0.265. The fourth-order valence-electron chi connectivity index (χ4n) is 0. The van der Waals surface area contributed by atoms with Gasteiger partial charge in [0.2, 0.25) is 0 Å². The first kappa shape index (κ1) is 8.83. The van der Waals surface area contributed by atoms with Crippen molar-refractivity contribution in [2.24, 2.45) is 0 Å². The minimum Gasteiger partial charge on any atom is -0.300 e. The van der Waals surface area contributed by atoms with Crippen LogP contribution in [0, 0.1) is 0 Å². The summed E-state index contributed by atoms with van der Waals surface area (Å²) in [6.07, 6.45) is 0. The Morgan fingerprint density at radius 1 is 1.40 bits per heavy atom. The quantitative estimate of drug-likeness (QED) is 0.371. The molecule has 0 aliphatic carbocycles. The molecule has 2 heteroatoms. The minimum atomic E-state index is 0. The zero-order chi connectivity index (χ0) is 3.58. The summed E-state index contributed by atoms with van der Waals surface area (Å²) >= 11 is 0. The molecule has 0 heterocycles. The third-order valence-corrected chi connectivity index (χ3v) is 0. The van der Waals surface area contributed by atoms with E-state index in [1.807, 2.05) is 0 Å². The second-order valence-corrected chi connectivity index (χ2v) is 0.908. The van der Waals surface area contributed by atoms with Crippen LogP contribution in [0.5, 0.6) is 0 Å². The predicted molar refractivity (Wildman–Crippen MR) is 22.1 cm³/mol. The number of carbonyl (C=O) groups is 1. The van der Waals surface area contributed by atoms with Gasteiger partial charge in [-0.15, -0.1) is 0 Å². The standard InChI is InChI=1S/C3H6O.B/c1-3(2)4;/h1-2H3;. The molecule has 0 aromatic heterocycles. The van der Waals surface area contributed by atoms with Crippen molar-refractivity contribution >= 4 is 14.2 Å². The lowest BCUT2D eigenvalue weighted by atomic mass is 10.6. The van der Waals surface area contributed by atoms with Crippen molar-refractivity contribution in [2.45, 2.75) is 13.8 Å². The van der Waals surface area contributed by atoms with Gasteiger partial charge in [0.1, 0.15) is 5.78 Å².